The topological polar surface area (TPSA) is 133 Å². The van der Waals surface area contributed by atoms with Gasteiger partial charge in [-0.15, -0.1) is 0 Å². The van der Waals surface area contributed by atoms with Gasteiger partial charge in [-0.3, -0.25) is 0 Å². The zero-order valence-electron chi connectivity index (χ0n) is 40.0. The number of sulfone groups is 1. The van der Waals surface area contributed by atoms with E-state index in [9.17, 15) is 31.4 Å². The third-order valence-electron chi connectivity index (χ3n) is 16.3. The molecule has 5 atom stereocenters. The monoisotopic (exact) mass is 1080 g/mol. The normalized spacial score (nSPS) is 26.5. The van der Waals surface area contributed by atoms with Crippen LogP contribution in [0.5, 0.6) is 11.5 Å². The Morgan fingerprint density at radius 3 is 1.94 bits per heavy atom. The molecule has 0 spiro atoms. The Balaban J connectivity index is 0.861. The number of hydrogen-bond acceptors (Lipinski definition) is 8. The van der Waals surface area contributed by atoms with Crippen molar-refractivity contribution in [3.8, 4) is 11.5 Å². The first-order valence-electron chi connectivity index (χ1n) is 25.9. The molecule has 4 aliphatic rings. The molecule has 372 valence electrons. The van der Waals surface area contributed by atoms with Crippen LogP contribution in [0.25, 0.3) is 0 Å². The van der Waals surface area contributed by atoms with Crippen molar-refractivity contribution in [1.82, 2.24) is 10.6 Å². The summed E-state index contributed by atoms with van der Waals surface area (Å²) in [4.78, 5) is 0.290. The molecule has 0 amide bonds. The summed E-state index contributed by atoms with van der Waals surface area (Å²) in [7, 11) is -6.78. The second-order valence-corrected chi connectivity index (χ2v) is 30.7. The number of rotatable bonds is 21. The van der Waals surface area contributed by atoms with E-state index in [2.05, 4.69) is 29.7 Å². The maximum absolute atomic E-state index is 14.2. The number of alkyl halides is 1. The molecule has 68 heavy (non-hydrogen) atoms. The van der Waals surface area contributed by atoms with Crippen molar-refractivity contribution in [3.63, 3.8) is 0 Å². The quantitative estimate of drug-likeness (QED) is 0.0372. The van der Waals surface area contributed by atoms with Crippen LogP contribution in [0.15, 0.2) is 101 Å². The van der Waals surface area contributed by atoms with Crippen molar-refractivity contribution >= 4 is 16.8 Å². The van der Waals surface area contributed by atoms with Crippen molar-refractivity contribution in [1.29, 1.82) is 0 Å². The Morgan fingerprint density at radius 1 is 0.632 bits per heavy atom. The van der Waals surface area contributed by atoms with Gasteiger partial charge >= 0.3 is 217 Å². The van der Waals surface area contributed by atoms with Gasteiger partial charge in [-0.25, -0.2) is 12.8 Å². The summed E-state index contributed by atoms with van der Waals surface area (Å²) in [5.41, 5.74) is 5.32. The molecule has 12 heteroatoms. The number of phenols is 2. The first-order chi connectivity index (χ1) is 32.9. The number of hydrogen-bond donors (Lipinski definition) is 4. The van der Waals surface area contributed by atoms with Gasteiger partial charge in [0.15, 0.2) is 9.84 Å². The molecule has 4 N–H and O–H groups in total. The van der Waals surface area contributed by atoms with Crippen molar-refractivity contribution in [2.45, 2.75) is 156 Å². The number of nitrogens with one attached hydrogen (secondary N) is 2. The van der Waals surface area contributed by atoms with Gasteiger partial charge in [0.25, 0.3) is 0 Å². The number of fused-ring (bicyclic) bond motifs is 2. The van der Waals surface area contributed by atoms with Gasteiger partial charge in [0.2, 0.25) is 0 Å². The van der Waals surface area contributed by atoms with E-state index >= 15 is 0 Å². The van der Waals surface area contributed by atoms with Crippen LogP contribution in [0.2, 0.25) is 0 Å². The Bertz CT molecular complexity index is 2480. The molecule has 8 nitrogen and oxygen atoms in total. The molecule has 4 aromatic carbocycles. The SMILES string of the molecule is CCCC1c2ccc(O)cc2CC(CCCC2c3ccc(O)cc3CCC2NCC2CCC(CCCS(=O)(=O)c3ccccc3F)CC2)C1NCC1CCC(C[I-]S(=O)(=O)c2ccccc2)CC1. The third-order valence-corrected chi connectivity index (χ3v) is 25.7. The molecule has 0 heterocycles. The Kier molecular flexibility index (Phi) is 18.0. The molecule has 0 aromatic heterocycles. The Morgan fingerprint density at radius 2 is 1.25 bits per heavy atom. The molecule has 4 aliphatic carbocycles. The van der Waals surface area contributed by atoms with E-state index in [0.29, 0.717) is 76.3 Å². The van der Waals surface area contributed by atoms with Gasteiger partial charge in [0.05, 0.1) is 5.75 Å². The Hall–Kier alpha value is -3.04. The third kappa shape index (κ3) is 13.3. The minimum absolute atomic E-state index is 0.0114. The summed E-state index contributed by atoms with van der Waals surface area (Å²) in [6.07, 6.45) is 18.8. The molecule has 0 radical (unpaired) electrons. The number of aromatic hydroxyl groups is 2. The predicted molar refractivity (Wildman–Crippen MR) is 267 cm³/mol. The maximum atomic E-state index is 14.2. The molecule has 5 unspecified atom stereocenters. The average molecular weight is 1080 g/mol. The number of phenolic OH excluding ortho intramolecular Hbond substituents is 2. The average Bonchev–Trinajstić information content (AvgIpc) is 3.33. The van der Waals surface area contributed by atoms with Gasteiger partial charge in [-0.05, 0) is 98.2 Å². The van der Waals surface area contributed by atoms with E-state index in [0.717, 1.165) is 127 Å². The van der Waals surface area contributed by atoms with Crippen LogP contribution in [0.3, 0.4) is 0 Å². The van der Waals surface area contributed by atoms with Crippen molar-refractivity contribution in [2.75, 3.05) is 23.3 Å². The number of benzene rings is 4. The van der Waals surface area contributed by atoms with Gasteiger partial charge < -0.3 is 15.5 Å². The van der Waals surface area contributed by atoms with Crippen molar-refractivity contribution in [2.24, 2.45) is 29.6 Å². The predicted octanol–water partition coefficient (Wildman–Crippen LogP) is 8.45. The fraction of sp³-hybridized carbons (Fsp3) is 0.571. The minimum atomic E-state index is -3.63. The van der Waals surface area contributed by atoms with E-state index in [-0.39, 0.29) is 10.6 Å². The fourth-order valence-electron chi connectivity index (χ4n) is 12.5. The number of halogens is 2. The molecule has 8 rings (SSSR count). The van der Waals surface area contributed by atoms with E-state index in [1.54, 1.807) is 18.2 Å². The van der Waals surface area contributed by atoms with Crippen LogP contribution in [0.1, 0.15) is 144 Å². The van der Waals surface area contributed by atoms with E-state index in [1.807, 2.05) is 42.5 Å². The molecule has 2 saturated carbocycles. The standard InChI is InChI=1S/C56H75FIN2O6S2/c1-2-10-52-50-30-28-47(62)35-45(50)33-44(56(52)60-38-42-24-20-40(21-25-42)36-58-68(65,66)48-13-4-3-5-14-48)12-8-15-51-49-29-27-46(61)34-43(49)26-31-54(51)59-37-41-22-18-39(19-23-41)11-9-32-67(63,64)55-17-7-6-16-53(55)57/h3-7,13-14,16-17,27-30,34-35,39-42,44,51-52,54,56,59-62H,2,8-12,15,18-26,31-33,36-38H2,1H3/q-1. The summed E-state index contributed by atoms with van der Waals surface area (Å²) < 4.78 is 66.8. The summed E-state index contributed by atoms with van der Waals surface area (Å²) in [5.74, 6) is 3.36. The summed E-state index contributed by atoms with van der Waals surface area (Å²) in [6, 6.07) is 27.4. The van der Waals surface area contributed by atoms with Crippen LogP contribution in [0, 0.1) is 35.4 Å². The van der Waals surface area contributed by atoms with Crippen LogP contribution in [0.4, 0.5) is 4.39 Å². The zero-order valence-corrected chi connectivity index (χ0v) is 43.8. The van der Waals surface area contributed by atoms with E-state index in [4.69, 9.17) is 0 Å². The second-order valence-electron chi connectivity index (χ2n) is 20.8. The van der Waals surface area contributed by atoms with Crippen molar-refractivity contribution in [3.05, 3.63) is 119 Å². The summed E-state index contributed by atoms with van der Waals surface area (Å²) in [6.45, 7) is 4.25. The molecule has 0 aliphatic heterocycles. The van der Waals surface area contributed by atoms with Crippen LogP contribution in [-0.4, -0.2) is 62.4 Å². The van der Waals surface area contributed by atoms with Gasteiger partial charge in [-0.2, -0.15) is 0 Å². The van der Waals surface area contributed by atoms with Gasteiger partial charge in [-0.1, -0.05) is 31.0 Å². The molecule has 0 bridgehead atoms. The first kappa shape index (κ1) is 51.3. The van der Waals surface area contributed by atoms with Crippen LogP contribution < -0.4 is 30.5 Å². The number of aryl methyl sites for hydroxylation is 1. The molecule has 2 fully saturated rings. The van der Waals surface area contributed by atoms with Crippen LogP contribution in [-0.2, 0) is 29.7 Å². The molecule has 4 aromatic rings. The molecule has 0 saturated heterocycles. The molecular formula is C56H75FIN2O6S2-. The fourth-order valence-corrected chi connectivity index (χ4v) is 20.7. The van der Waals surface area contributed by atoms with E-state index in [1.165, 1.54) is 40.5 Å². The van der Waals surface area contributed by atoms with Crippen LogP contribution >= 0.6 is 0 Å². The summed E-state index contributed by atoms with van der Waals surface area (Å²) >= 11 is -0.951. The summed E-state index contributed by atoms with van der Waals surface area (Å²) in [5, 5.41) is 29.4. The molecular weight excluding hydrogens is 1010 g/mol. The van der Waals surface area contributed by atoms with E-state index < -0.39 is 42.5 Å². The van der Waals surface area contributed by atoms with Crippen molar-refractivity contribution < 1.29 is 51.3 Å². The Labute approximate surface area is 415 Å². The zero-order chi connectivity index (χ0) is 47.7. The van der Waals surface area contributed by atoms with Gasteiger partial charge in [0, 0.05) is 6.04 Å². The van der Waals surface area contributed by atoms with Gasteiger partial charge in [0.1, 0.15) is 22.2 Å². The first-order valence-corrected chi connectivity index (χ1v) is 33.1. The second kappa shape index (κ2) is 23.9.